The second kappa shape index (κ2) is 6.98. The number of nitrogens with two attached hydrogens (primary N) is 2. The lowest BCUT2D eigenvalue weighted by molar-refractivity contribution is -0.162. The molecule has 0 aliphatic carbocycles. The van der Waals surface area contributed by atoms with E-state index in [2.05, 4.69) is 4.74 Å². The molecule has 0 amide bonds. The molecule has 19 heavy (non-hydrogen) atoms. The van der Waals surface area contributed by atoms with Gasteiger partial charge in [0.15, 0.2) is 0 Å². The Morgan fingerprint density at radius 3 is 2.32 bits per heavy atom. The first-order valence-electron chi connectivity index (χ1n) is 5.90. The highest BCUT2D eigenvalue weighted by Gasteiger charge is 2.25. The monoisotopic (exact) mass is 266 g/mol. The van der Waals surface area contributed by atoms with Crippen LogP contribution < -0.4 is 11.5 Å². The molecule has 0 aromatic heterocycles. The third-order valence-corrected chi connectivity index (χ3v) is 2.59. The quantitative estimate of drug-likeness (QED) is 0.481. The van der Waals surface area contributed by atoms with E-state index in [1.54, 1.807) is 0 Å². The fourth-order valence-corrected chi connectivity index (χ4v) is 1.39. The molecule has 1 aromatic rings. The summed E-state index contributed by atoms with van der Waals surface area (Å²) in [5.74, 6) is -1.84. The van der Waals surface area contributed by atoms with Crippen LogP contribution in [0.1, 0.15) is 12.5 Å². The van der Waals surface area contributed by atoms with Gasteiger partial charge in [-0.2, -0.15) is 0 Å². The average Bonchev–Trinajstić information content (AvgIpc) is 2.38. The normalized spacial score (nSPS) is 15.4. The van der Waals surface area contributed by atoms with Crippen LogP contribution >= 0.6 is 0 Å². The number of carbonyl (C=O) groups excluding carboxylic acids is 2. The van der Waals surface area contributed by atoms with E-state index in [0.717, 1.165) is 5.56 Å². The summed E-state index contributed by atoms with van der Waals surface area (Å²) in [6.45, 7) is 1.33. The van der Waals surface area contributed by atoms with Crippen LogP contribution in [0.3, 0.4) is 0 Å². The first kappa shape index (κ1) is 15.3. The molecule has 0 fully saturated rings. The lowest BCUT2D eigenvalue weighted by Crippen LogP contribution is -2.45. The fraction of sp³-hybridized carbons (Fsp3) is 0.385. The highest BCUT2D eigenvalue weighted by Crippen LogP contribution is 2.04. The predicted molar refractivity (Wildman–Crippen MR) is 68.9 cm³/mol. The molecular weight excluding hydrogens is 248 g/mol. The highest BCUT2D eigenvalue weighted by atomic mass is 16.6. The number of aliphatic hydroxyl groups excluding tert-OH is 1. The minimum Gasteiger partial charge on any atom is -0.391 e. The van der Waals surface area contributed by atoms with Crippen LogP contribution in [-0.2, 0) is 20.7 Å². The Balaban J connectivity index is 2.52. The van der Waals surface area contributed by atoms with Gasteiger partial charge in [0.2, 0.25) is 0 Å². The molecule has 0 saturated heterocycles. The molecule has 1 aromatic carbocycles. The van der Waals surface area contributed by atoms with Crippen molar-refractivity contribution in [2.45, 2.75) is 31.5 Å². The van der Waals surface area contributed by atoms with Crippen molar-refractivity contribution in [2.24, 2.45) is 11.5 Å². The molecule has 6 heteroatoms. The lowest BCUT2D eigenvalue weighted by Gasteiger charge is -2.15. The van der Waals surface area contributed by atoms with Crippen LogP contribution in [-0.4, -0.2) is 35.2 Å². The summed E-state index contributed by atoms with van der Waals surface area (Å²) in [6.07, 6.45) is -0.831. The standard InChI is InChI=1S/C13H18N2O4/c1-8(16)11(15)13(18)19-12(17)10(14)7-9-5-3-2-4-6-9/h2-6,8,10-11,16H,7,14-15H2,1H3/t8-,10+,11+/m1/s1. The van der Waals surface area contributed by atoms with E-state index in [0.29, 0.717) is 0 Å². The van der Waals surface area contributed by atoms with E-state index in [-0.39, 0.29) is 6.42 Å². The summed E-state index contributed by atoms with van der Waals surface area (Å²) in [7, 11) is 0. The van der Waals surface area contributed by atoms with Crippen molar-refractivity contribution in [2.75, 3.05) is 0 Å². The Bertz CT molecular complexity index is 434. The molecule has 104 valence electrons. The van der Waals surface area contributed by atoms with Gasteiger partial charge in [0.05, 0.1) is 6.10 Å². The third kappa shape index (κ3) is 4.78. The molecule has 6 nitrogen and oxygen atoms in total. The van der Waals surface area contributed by atoms with E-state index >= 15 is 0 Å². The zero-order valence-electron chi connectivity index (χ0n) is 10.7. The summed E-state index contributed by atoms with van der Waals surface area (Å²) in [5.41, 5.74) is 11.8. The molecule has 0 saturated carbocycles. The number of hydrogen-bond acceptors (Lipinski definition) is 6. The zero-order chi connectivity index (χ0) is 14.4. The van der Waals surface area contributed by atoms with E-state index in [1.165, 1.54) is 6.92 Å². The lowest BCUT2D eigenvalue weighted by atomic mass is 10.1. The summed E-state index contributed by atoms with van der Waals surface area (Å²) in [4.78, 5) is 22.9. The van der Waals surface area contributed by atoms with Crippen LogP contribution in [0, 0.1) is 0 Å². The maximum absolute atomic E-state index is 11.6. The van der Waals surface area contributed by atoms with Crippen molar-refractivity contribution in [3.8, 4) is 0 Å². The van der Waals surface area contributed by atoms with Crippen LogP contribution in [0.2, 0.25) is 0 Å². The van der Waals surface area contributed by atoms with Crippen LogP contribution in [0.25, 0.3) is 0 Å². The van der Waals surface area contributed by atoms with Crippen molar-refractivity contribution in [3.63, 3.8) is 0 Å². The molecule has 0 aliphatic heterocycles. The highest BCUT2D eigenvalue weighted by molar-refractivity contribution is 5.91. The van der Waals surface area contributed by atoms with Crippen molar-refractivity contribution in [3.05, 3.63) is 35.9 Å². The van der Waals surface area contributed by atoms with Gasteiger partial charge in [0.1, 0.15) is 12.1 Å². The number of hydrogen-bond donors (Lipinski definition) is 3. The SMILES string of the molecule is C[C@@H](O)[C@H](N)C(=O)OC(=O)[C@@H](N)Cc1ccccc1. The first-order chi connectivity index (χ1) is 8.91. The predicted octanol–water partition coefficient (Wildman–Crippen LogP) is -0.666. The molecule has 5 N–H and O–H groups in total. The molecular formula is C13H18N2O4. The van der Waals surface area contributed by atoms with E-state index in [1.807, 2.05) is 30.3 Å². The van der Waals surface area contributed by atoms with Gasteiger partial charge >= 0.3 is 11.9 Å². The second-order valence-corrected chi connectivity index (χ2v) is 4.30. The molecule has 0 radical (unpaired) electrons. The number of rotatable bonds is 5. The summed E-state index contributed by atoms with van der Waals surface area (Å²) in [5, 5.41) is 9.11. The average molecular weight is 266 g/mol. The molecule has 0 spiro atoms. The van der Waals surface area contributed by atoms with Gasteiger partial charge in [0, 0.05) is 0 Å². The Kier molecular flexibility index (Phi) is 5.62. The van der Waals surface area contributed by atoms with Crippen molar-refractivity contribution in [1.29, 1.82) is 0 Å². The smallest absolute Gasteiger partial charge is 0.333 e. The Morgan fingerprint density at radius 1 is 1.21 bits per heavy atom. The Labute approximate surface area is 111 Å². The van der Waals surface area contributed by atoms with Crippen LogP contribution in [0.4, 0.5) is 0 Å². The number of aliphatic hydroxyl groups is 1. The van der Waals surface area contributed by atoms with Gasteiger partial charge in [-0.1, -0.05) is 30.3 Å². The molecule has 3 atom stereocenters. The van der Waals surface area contributed by atoms with Gasteiger partial charge in [-0.3, -0.25) is 0 Å². The van der Waals surface area contributed by atoms with Crippen LogP contribution in [0.15, 0.2) is 30.3 Å². The van der Waals surface area contributed by atoms with Crippen LogP contribution in [0.5, 0.6) is 0 Å². The fourth-order valence-electron chi connectivity index (χ4n) is 1.39. The Morgan fingerprint density at radius 2 is 1.79 bits per heavy atom. The minimum absolute atomic E-state index is 0.261. The van der Waals surface area contributed by atoms with Crippen molar-refractivity contribution < 1.29 is 19.4 Å². The van der Waals surface area contributed by atoms with Gasteiger partial charge < -0.3 is 21.3 Å². The number of ether oxygens (including phenoxy) is 1. The zero-order valence-corrected chi connectivity index (χ0v) is 10.7. The Hall–Kier alpha value is -1.76. The molecule has 0 unspecified atom stereocenters. The summed E-state index contributed by atoms with van der Waals surface area (Å²) in [6, 6.07) is 6.91. The van der Waals surface area contributed by atoms with E-state index in [4.69, 9.17) is 16.6 Å². The molecule has 1 rings (SSSR count). The topological polar surface area (TPSA) is 116 Å². The summed E-state index contributed by atoms with van der Waals surface area (Å²) >= 11 is 0. The number of benzene rings is 1. The van der Waals surface area contributed by atoms with Gasteiger partial charge in [-0.25, -0.2) is 9.59 Å². The molecule has 0 heterocycles. The number of esters is 2. The number of carbonyl (C=O) groups is 2. The van der Waals surface area contributed by atoms with Gasteiger partial charge in [-0.15, -0.1) is 0 Å². The largest absolute Gasteiger partial charge is 0.391 e. The van der Waals surface area contributed by atoms with E-state index < -0.39 is 30.1 Å². The maximum Gasteiger partial charge on any atom is 0.333 e. The van der Waals surface area contributed by atoms with Gasteiger partial charge in [-0.05, 0) is 18.9 Å². The summed E-state index contributed by atoms with van der Waals surface area (Å²) < 4.78 is 4.52. The second-order valence-electron chi connectivity index (χ2n) is 4.30. The minimum atomic E-state index is -1.26. The van der Waals surface area contributed by atoms with Crippen molar-refractivity contribution >= 4 is 11.9 Å². The van der Waals surface area contributed by atoms with Crippen molar-refractivity contribution in [1.82, 2.24) is 0 Å². The molecule has 0 bridgehead atoms. The molecule has 0 aliphatic rings. The van der Waals surface area contributed by atoms with E-state index in [9.17, 15) is 9.59 Å². The first-order valence-corrected chi connectivity index (χ1v) is 5.90. The maximum atomic E-state index is 11.6. The van der Waals surface area contributed by atoms with Gasteiger partial charge in [0.25, 0.3) is 0 Å². The third-order valence-electron chi connectivity index (χ3n) is 2.59.